The highest BCUT2D eigenvalue weighted by Crippen LogP contribution is 2.20. The predicted octanol–water partition coefficient (Wildman–Crippen LogP) is 0.706. The van der Waals surface area contributed by atoms with E-state index in [9.17, 15) is 4.79 Å². The first-order valence-corrected chi connectivity index (χ1v) is 6.70. The molecular weight excluding hydrogens is 274 g/mol. The molecule has 21 heavy (non-hydrogen) atoms. The number of para-hydroxylation sites is 1. The van der Waals surface area contributed by atoms with Gasteiger partial charge in [0.1, 0.15) is 0 Å². The third kappa shape index (κ3) is 3.00. The Kier molecular flexibility index (Phi) is 3.78. The van der Waals surface area contributed by atoms with Crippen LogP contribution in [0.4, 0.5) is 5.95 Å². The van der Waals surface area contributed by atoms with Crippen molar-refractivity contribution in [2.24, 2.45) is 0 Å². The van der Waals surface area contributed by atoms with Gasteiger partial charge in [-0.2, -0.15) is 4.68 Å². The standard InChI is InChI=1S/C13H15N5O3/c19-12(20)11-7-6-10(21-11)8-14-13-15-16-17-18(13)9-4-2-1-3-5-9/h1-5,10-11H,6-8H2,(H,19,20)(H,14,15,17). The van der Waals surface area contributed by atoms with Crippen molar-refractivity contribution in [3.8, 4) is 5.69 Å². The van der Waals surface area contributed by atoms with Crippen molar-refractivity contribution in [2.45, 2.75) is 25.0 Å². The molecule has 1 aliphatic heterocycles. The summed E-state index contributed by atoms with van der Waals surface area (Å²) in [6.07, 6.45) is 0.385. The molecule has 1 fully saturated rings. The van der Waals surface area contributed by atoms with Gasteiger partial charge in [-0.15, -0.1) is 0 Å². The van der Waals surface area contributed by atoms with Gasteiger partial charge in [0.05, 0.1) is 11.8 Å². The number of carbonyl (C=O) groups is 1. The maximum absolute atomic E-state index is 10.8. The van der Waals surface area contributed by atoms with E-state index >= 15 is 0 Å². The van der Waals surface area contributed by atoms with E-state index in [1.807, 2.05) is 30.3 Å². The fourth-order valence-corrected chi connectivity index (χ4v) is 2.28. The molecule has 110 valence electrons. The minimum absolute atomic E-state index is 0.146. The highest BCUT2D eigenvalue weighted by atomic mass is 16.5. The van der Waals surface area contributed by atoms with Gasteiger partial charge in [-0.25, -0.2) is 4.79 Å². The Hall–Kier alpha value is -2.48. The van der Waals surface area contributed by atoms with Crippen LogP contribution in [0.25, 0.3) is 5.69 Å². The number of aliphatic carboxylic acids is 1. The number of ether oxygens (including phenoxy) is 1. The summed E-state index contributed by atoms with van der Waals surface area (Å²) >= 11 is 0. The van der Waals surface area contributed by atoms with Crippen molar-refractivity contribution in [2.75, 3.05) is 11.9 Å². The normalized spacial score (nSPS) is 21.3. The Balaban J connectivity index is 1.62. The van der Waals surface area contributed by atoms with Gasteiger partial charge in [-0.05, 0) is 35.4 Å². The number of carboxylic acid groups (broad SMARTS) is 1. The van der Waals surface area contributed by atoms with E-state index in [1.54, 1.807) is 4.68 Å². The maximum atomic E-state index is 10.8. The van der Waals surface area contributed by atoms with Gasteiger partial charge in [0.15, 0.2) is 6.10 Å². The van der Waals surface area contributed by atoms with Crippen molar-refractivity contribution in [3.63, 3.8) is 0 Å². The van der Waals surface area contributed by atoms with Crippen molar-refractivity contribution in [1.82, 2.24) is 20.2 Å². The van der Waals surface area contributed by atoms with Crippen LogP contribution in [0.2, 0.25) is 0 Å². The summed E-state index contributed by atoms with van der Waals surface area (Å²) < 4.78 is 7.01. The Morgan fingerprint density at radius 2 is 2.19 bits per heavy atom. The van der Waals surface area contributed by atoms with E-state index in [0.717, 1.165) is 5.69 Å². The quantitative estimate of drug-likeness (QED) is 0.835. The molecule has 1 saturated heterocycles. The van der Waals surface area contributed by atoms with Crippen LogP contribution in [0, 0.1) is 0 Å². The van der Waals surface area contributed by atoms with Gasteiger partial charge in [0.2, 0.25) is 5.95 Å². The van der Waals surface area contributed by atoms with Crippen molar-refractivity contribution in [3.05, 3.63) is 30.3 Å². The Labute approximate surface area is 120 Å². The van der Waals surface area contributed by atoms with Gasteiger partial charge in [0.25, 0.3) is 0 Å². The Morgan fingerprint density at radius 1 is 1.38 bits per heavy atom. The molecule has 1 aliphatic rings. The summed E-state index contributed by atoms with van der Waals surface area (Å²) in [6.45, 7) is 0.469. The number of hydrogen-bond donors (Lipinski definition) is 2. The van der Waals surface area contributed by atoms with Gasteiger partial charge < -0.3 is 15.2 Å². The number of rotatable bonds is 5. The Bertz CT molecular complexity index is 615. The summed E-state index contributed by atoms with van der Waals surface area (Å²) in [5.41, 5.74) is 0.848. The van der Waals surface area contributed by atoms with E-state index < -0.39 is 12.1 Å². The van der Waals surface area contributed by atoms with Gasteiger partial charge in [0, 0.05) is 6.54 Å². The lowest BCUT2D eigenvalue weighted by molar-refractivity contribution is -0.149. The molecule has 1 aromatic heterocycles. The predicted molar refractivity (Wildman–Crippen MR) is 73.2 cm³/mol. The molecule has 3 rings (SSSR count). The summed E-state index contributed by atoms with van der Waals surface area (Å²) in [5, 5.41) is 23.5. The fourth-order valence-electron chi connectivity index (χ4n) is 2.28. The largest absolute Gasteiger partial charge is 0.479 e. The fraction of sp³-hybridized carbons (Fsp3) is 0.385. The average molecular weight is 289 g/mol. The minimum atomic E-state index is -0.911. The van der Waals surface area contributed by atoms with Crippen LogP contribution < -0.4 is 5.32 Å². The first-order chi connectivity index (χ1) is 10.2. The molecule has 0 bridgehead atoms. The second kappa shape index (κ2) is 5.88. The number of nitrogens with one attached hydrogen (secondary N) is 1. The van der Waals surface area contributed by atoms with Crippen molar-refractivity contribution in [1.29, 1.82) is 0 Å². The van der Waals surface area contributed by atoms with E-state index in [4.69, 9.17) is 9.84 Å². The molecule has 8 nitrogen and oxygen atoms in total. The molecule has 0 saturated carbocycles. The van der Waals surface area contributed by atoms with Crippen LogP contribution in [0.15, 0.2) is 30.3 Å². The zero-order valence-corrected chi connectivity index (χ0v) is 11.2. The van der Waals surface area contributed by atoms with Crippen LogP contribution in [-0.4, -0.2) is 50.0 Å². The van der Waals surface area contributed by atoms with Crippen LogP contribution in [0.3, 0.4) is 0 Å². The van der Waals surface area contributed by atoms with Gasteiger partial charge in [-0.3, -0.25) is 0 Å². The molecule has 2 atom stereocenters. The zero-order valence-electron chi connectivity index (χ0n) is 11.2. The van der Waals surface area contributed by atoms with Crippen molar-refractivity contribution >= 4 is 11.9 Å². The summed E-state index contributed by atoms with van der Waals surface area (Å²) in [7, 11) is 0. The second-order valence-corrected chi connectivity index (χ2v) is 4.79. The highest BCUT2D eigenvalue weighted by molar-refractivity contribution is 5.72. The third-order valence-corrected chi connectivity index (χ3v) is 3.34. The number of nitrogens with zero attached hydrogens (tertiary/aromatic N) is 4. The number of hydrogen-bond acceptors (Lipinski definition) is 6. The average Bonchev–Trinajstić information content (AvgIpc) is 3.15. The summed E-state index contributed by atoms with van der Waals surface area (Å²) in [4.78, 5) is 10.8. The molecule has 0 radical (unpaired) electrons. The lowest BCUT2D eigenvalue weighted by Gasteiger charge is -2.12. The number of benzene rings is 1. The third-order valence-electron chi connectivity index (χ3n) is 3.34. The van der Waals surface area contributed by atoms with Gasteiger partial charge >= 0.3 is 5.97 Å². The monoisotopic (exact) mass is 289 g/mol. The molecule has 2 aromatic rings. The SMILES string of the molecule is O=C(O)C1CCC(CNc2nnnn2-c2ccccc2)O1. The van der Waals surface area contributed by atoms with E-state index in [1.165, 1.54) is 0 Å². The molecular formula is C13H15N5O3. The molecule has 2 N–H and O–H groups in total. The van der Waals surface area contributed by atoms with E-state index in [2.05, 4.69) is 20.8 Å². The van der Waals surface area contributed by atoms with E-state index in [-0.39, 0.29) is 6.10 Å². The molecule has 8 heteroatoms. The minimum Gasteiger partial charge on any atom is -0.479 e. The summed E-state index contributed by atoms with van der Waals surface area (Å²) in [5.74, 6) is -0.407. The van der Waals surface area contributed by atoms with E-state index in [0.29, 0.717) is 25.3 Å². The number of carboxylic acids is 1. The number of tetrazole rings is 1. The topological polar surface area (TPSA) is 102 Å². The maximum Gasteiger partial charge on any atom is 0.332 e. The smallest absolute Gasteiger partial charge is 0.332 e. The van der Waals surface area contributed by atoms with Gasteiger partial charge in [-0.1, -0.05) is 23.3 Å². The molecule has 0 aliphatic carbocycles. The number of anilines is 1. The lowest BCUT2D eigenvalue weighted by atomic mass is 10.2. The molecule has 0 amide bonds. The summed E-state index contributed by atoms with van der Waals surface area (Å²) in [6, 6.07) is 9.51. The number of aromatic nitrogens is 4. The molecule has 2 heterocycles. The highest BCUT2D eigenvalue weighted by Gasteiger charge is 2.30. The lowest BCUT2D eigenvalue weighted by Crippen LogP contribution is -2.25. The van der Waals surface area contributed by atoms with Crippen molar-refractivity contribution < 1.29 is 14.6 Å². The molecule has 2 unspecified atom stereocenters. The van der Waals surface area contributed by atoms with Crippen LogP contribution in [0.1, 0.15) is 12.8 Å². The molecule has 0 spiro atoms. The van der Waals surface area contributed by atoms with Crippen LogP contribution in [-0.2, 0) is 9.53 Å². The first kappa shape index (κ1) is 13.5. The second-order valence-electron chi connectivity index (χ2n) is 4.79. The zero-order chi connectivity index (χ0) is 14.7. The molecule has 1 aromatic carbocycles. The van der Waals surface area contributed by atoms with Crippen LogP contribution in [0.5, 0.6) is 0 Å². The first-order valence-electron chi connectivity index (χ1n) is 6.70. The van der Waals surface area contributed by atoms with Crippen LogP contribution >= 0.6 is 0 Å². The Morgan fingerprint density at radius 3 is 2.90 bits per heavy atom.